The average molecular weight is 403 g/mol. The predicted molar refractivity (Wildman–Crippen MR) is 120 cm³/mol. The molecule has 0 saturated heterocycles. The van der Waals surface area contributed by atoms with Crippen molar-refractivity contribution in [3.63, 3.8) is 0 Å². The Labute approximate surface area is 181 Å². The van der Waals surface area contributed by atoms with Crippen molar-refractivity contribution in [2.75, 3.05) is 6.54 Å². The van der Waals surface area contributed by atoms with Crippen molar-refractivity contribution < 1.29 is 0 Å². The van der Waals surface area contributed by atoms with Crippen LogP contribution in [0.25, 0.3) is 22.6 Å². The summed E-state index contributed by atoms with van der Waals surface area (Å²) in [6.07, 6.45) is 4.82. The Hall–Kier alpha value is -3.88. The molecule has 31 heavy (non-hydrogen) atoms. The van der Waals surface area contributed by atoms with E-state index >= 15 is 0 Å². The molecular weight excluding hydrogens is 382 g/mol. The molecule has 0 spiro atoms. The third-order valence-electron chi connectivity index (χ3n) is 5.56. The molecule has 0 N–H and O–H groups in total. The smallest absolute Gasteiger partial charge is 0.159 e. The van der Waals surface area contributed by atoms with Gasteiger partial charge < -0.3 is 0 Å². The summed E-state index contributed by atoms with van der Waals surface area (Å²) in [6.45, 7) is 2.64. The molecule has 3 heterocycles. The van der Waals surface area contributed by atoms with Gasteiger partial charge in [-0.25, -0.2) is 9.97 Å². The molecule has 0 atom stereocenters. The third kappa shape index (κ3) is 4.20. The molecule has 0 aliphatic carbocycles. The van der Waals surface area contributed by atoms with Crippen LogP contribution in [0.5, 0.6) is 0 Å². The van der Waals surface area contributed by atoms with Gasteiger partial charge in [-0.3, -0.25) is 9.88 Å². The lowest BCUT2D eigenvalue weighted by Crippen LogP contribution is -2.31. The van der Waals surface area contributed by atoms with Crippen molar-refractivity contribution in [3.8, 4) is 28.7 Å². The molecule has 0 radical (unpaired) electrons. The molecule has 5 heteroatoms. The fraction of sp³-hybridized carbons (Fsp3) is 0.154. The van der Waals surface area contributed by atoms with Crippen LogP contribution in [-0.4, -0.2) is 26.4 Å². The fourth-order valence-corrected chi connectivity index (χ4v) is 3.93. The zero-order chi connectivity index (χ0) is 21.0. The van der Waals surface area contributed by atoms with Gasteiger partial charge in [0.25, 0.3) is 0 Å². The number of hydrogen-bond donors (Lipinski definition) is 0. The highest BCUT2D eigenvalue weighted by Crippen LogP contribution is 2.23. The second-order valence-electron chi connectivity index (χ2n) is 7.74. The lowest BCUT2D eigenvalue weighted by molar-refractivity contribution is 0.242. The molecule has 0 unspecified atom stereocenters. The fourth-order valence-electron chi connectivity index (χ4n) is 3.93. The minimum Gasteiger partial charge on any atom is -0.294 e. The second-order valence-corrected chi connectivity index (χ2v) is 7.74. The molecule has 0 bridgehead atoms. The quantitative estimate of drug-likeness (QED) is 0.497. The topological polar surface area (TPSA) is 65.7 Å². The molecule has 2 aromatic heterocycles. The highest BCUT2D eigenvalue weighted by atomic mass is 15.1. The zero-order valence-corrected chi connectivity index (χ0v) is 17.1. The van der Waals surface area contributed by atoms with Gasteiger partial charge in [-0.1, -0.05) is 48.5 Å². The van der Waals surface area contributed by atoms with Crippen molar-refractivity contribution in [2.45, 2.75) is 19.5 Å². The number of benzene rings is 2. The summed E-state index contributed by atoms with van der Waals surface area (Å²) >= 11 is 0. The van der Waals surface area contributed by atoms with Gasteiger partial charge in [0, 0.05) is 55.1 Å². The largest absolute Gasteiger partial charge is 0.294 e. The van der Waals surface area contributed by atoms with Crippen LogP contribution in [0.1, 0.15) is 22.4 Å². The van der Waals surface area contributed by atoms with Gasteiger partial charge in [0.15, 0.2) is 5.82 Å². The second kappa shape index (κ2) is 8.47. The Morgan fingerprint density at radius 3 is 2.58 bits per heavy atom. The minimum absolute atomic E-state index is 0.646. The minimum atomic E-state index is 0.646. The van der Waals surface area contributed by atoms with Crippen LogP contribution in [0.3, 0.4) is 0 Å². The zero-order valence-electron chi connectivity index (χ0n) is 17.1. The van der Waals surface area contributed by atoms with E-state index in [4.69, 9.17) is 10.2 Å². The molecular formula is C26H21N5. The van der Waals surface area contributed by atoms with E-state index in [1.165, 1.54) is 11.1 Å². The SMILES string of the molecule is N#Cc1cccc(-c2ccc(CN3CCc4nc(-c5ccccc5)ncc4C3)cn2)c1. The molecule has 150 valence electrons. The molecule has 4 aromatic rings. The Bertz CT molecular complexity index is 1240. The van der Waals surface area contributed by atoms with E-state index in [1.807, 2.05) is 67.0 Å². The van der Waals surface area contributed by atoms with Crippen LogP contribution >= 0.6 is 0 Å². The number of pyridine rings is 1. The third-order valence-corrected chi connectivity index (χ3v) is 5.56. The molecule has 2 aromatic carbocycles. The first-order chi connectivity index (χ1) is 15.3. The van der Waals surface area contributed by atoms with E-state index in [1.54, 1.807) is 6.07 Å². The van der Waals surface area contributed by atoms with E-state index in [0.29, 0.717) is 5.56 Å². The maximum atomic E-state index is 9.09. The standard InChI is InChI=1S/C26H21N5/c27-14-19-5-4-8-22(13-19)24-10-9-20(15-28-24)17-31-12-11-25-23(18-31)16-29-26(30-25)21-6-2-1-3-7-21/h1-10,13,15-16H,11-12,17-18H2. The van der Waals surface area contributed by atoms with E-state index < -0.39 is 0 Å². The lowest BCUT2D eigenvalue weighted by Gasteiger charge is -2.28. The van der Waals surface area contributed by atoms with Gasteiger partial charge in [0.1, 0.15) is 0 Å². The van der Waals surface area contributed by atoms with Crippen molar-refractivity contribution >= 4 is 0 Å². The summed E-state index contributed by atoms with van der Waals surface area (Å²) in [5.74, 6) is 0.799. The van der Waals surface area contributed by atoms with Crippen LogP contribution < -0.4 is 0 Å². The van der Waals surface area contributed by atoms with Gasteiger partial charge in [-0.05, 0) is 23.8 Å². The first-order valence-corrected chi connectivity index (χ1v) is 10.4. The van der Waals surface area contributed by atoms with Crippen LogP contribution in [0.15, 0.2) is 79.1 Å². The number of hydrogen-bond acceptors (Lipinski definition) is 5. The van der Waals surface area contributed by atoms with Gasteiger partial charge in [0.05, 0.1) is 23.0 Å². The van der Waals surface area contributed by atoms with Gasteiger partial charge >= 0.3 is 0 Å². The molecule has 5 nitrogen and oxygen atoms in total. The van der Waals surface area contributed by atoms with Crippen molar-refractivity contribution in [1.82, 2.24) is 19.9 Å². The highest BCUT2D eigenvalue weighted by molar-refractivity contribution is 5.61. The van der Waals surface area contributed by atoms with Crippen LogP contribution in [0, 0.1) is 11.3 Å². The number of nitriles is 1. The van der Waals surface area contributed by atoms with Crippen LogP contribution in [0.2, 0.25) is 0 Å². The lowest BCUT2D eigenvalue weighted by atomic mass is 10.1. The monoisotopic (exact) mass is 403 g/mol. The Balaban J connectivity index is 1.27. The van der Waals surface area contributed by atoms with Gasteiger partial charge in [0.2, 0.25) is 0 Å². The number of nitrogens with zero attached hydrogens (tertiary/aromatic N) is 5. The molecule has 0 fully saturated rings. The summed E-state index contributed by atoms with van der Waals surface area (Å²) in [7, 11) is 0. The number of fused-ring (bicyclic) bond motifs is 1. The molecule has 0 saturated carbocycles. The van der Waals surface area contributed by atoms with E-state index in [-0.39, 0.29) is 0 Å². The van der Waals surface area contributed by atoms with Crippen molar-refractivity contribution in [3.05, 3.63) is 102 Å². The molecule has 1 aliphatic rings. The van der Waals surface area contributed by atoms with Crippen molar-refractivity contribution in [2.24, 2.45) is 0 Å². The summed E-state index contributed by atoms with van der Waals surface area (Å²) in [5.41, 5.74) is 7.06. The van der Waals surface area contributed by atoms with Gasteiger partial charge in [-0.2, -0.15) is 5.26 Å². The summed E-state index contributed by atoms with van der Waals surface area (Å²) in [6, 6.07) is 24.0. The van der Waals surface area contributed by atoms with Crippen molar-refractivity contribution in [1.29, 1.82) is 5.26 Å². The Kier molecular flexibility index (Phi) is 5.22. The van der Waals surface area contributed by atoms with Gasteiger partial charge in [-0.15, -0.1) is 0 Å². The Morgan fingerprint density at radius 1 is 0.903 bits per heavy atom. The van der Waals surface area contributed by atoms with Crippen LogP contribution in [-0.2, 0) is 19.5 Å². The van der Waals surface area contributed by atoms with Crippen LogP contribution in [0.4, 0.5) is 0 Å². The summed E-state index contributed by atoms with van der Waals surface area (Å²) in [5, 5.41) is 9.09. The predicted octanol–water partition coefficient (Wildman–Crippen LogP) is 4.64. The molecule has 1 aliphatic heterocycles. The normalized spacial score (nSPS) is 13.4. The maximum absolute atomic E-state index is 9.09. The van der Waals surface area contributed by atoms with E-state index in [2.05, 4.69) is 27.0 Å². The first-order valence-electron chi connectivity index (χ1n) is 10.4. The molecule has 0 amide bonds. The summed E-state index contributed by atoms with van der Waals surface area (Å²) < 4.78 is 0. The number of rotatable bonds is 4. The first kappa shape index (κ1) is 19.1. The molecule has 5 rings (SSSR count). The number of aromatic nitrogens is 3. The highest BCUT2D eigenvalue weighted by Gasteiger charge is 2.19. The maximum Gasteiger partial charge on any atom is 0.159 e. The van der Waals surface area contributed by atoms with E-state index in [9.17, 15) is 0 Å². The summed E-state index contributed by atoms with van der Waals surface area (Å²) in [4.78, 5) is 16.4. The van der Waals surface area contributed by atoms with E-state index in [0.717, 1.165) is 54.4 Å². The Morgan fingerprint density at radius 2 is 1.77 bits per heavy atom. The average Bonchev–Trinajstić information content (AvgIpc) is 2.85.